The Hall–Kier alpha value is -3.58. The highest BCUT2D eigenvalue weighted by Gasteiger charge is 2.13. The number of allylic oxidation sites excluding steroid dienone is 7. The molecule has 0 atom stereocenters. The van der Waals surface area contributed by atoms with Crippen molar-refractivity contribution >= 4 is 47.2 Å². The summed E-state index contributed by atoms with van der Waals surface area (Å²) in [6.07, 6.45) is 14.1. The van der Waals surface area contributed by atoms with Gasteiger partial charge in [0.25, 0.3) is 0 Å². The maximum atomic E-state index is 10.7. The van der Waals surface area contributed by atoms with Crippen LogP contribution in [-0.2, 0) is 12.8 Å². The van der Waals surface area contributed by atoms with Gasteiger partial charge in [-0.05, 0) is 83.5 Å². The normalized spacial score (nSPS) is 9.50. The molecule has 2 N–H and O–H groups in total. The Morgan fingerprint density at radius 2 is 1.05 bits per heavy atom. The Kier molecular flexibility index (Phi) is 22.8. The van der Waals surface area contributed by atoms with E-state index in [1.165, 1.54) is 40.0 Å². The summed E-state index contributed by atoms with van der Waals surface area (Å²) in [6, 6.07) is 22.5. The van der Waals surface area contributed by atoms with Crippen LogP contribution in [0.5, 0.6) is 0 Å². The van der Waals surface area contributed by atoms with E-state index in [9.17, 15) is 9.59 Å². The quantitative estimate of drug-likeness (QED) is 0.104. The third-order valence-electron chi connectivity index (χ3n) is 5.93. The lowest BCUT2D eigenvalue weighted by Crippen LogP contribution is -2.32. The van der Waals surface area contributed by atoms with Crippen LogP contribution >= 0.6 is 15.9 Å². The molecule has 3 rings (SSSR count). The van der Waals surface area contributed by atoms with Gasteiger partial charge in [0.05, 0.1) is 0 Å². The fourth-order valence-corrected chi connectivity index (χ4v) is 4.18. The molecule has 0 fully saturated rings. The van der Waals surface area contributed by atoms with Crippen LogP contribution < -0.4 is 5.46 Å². The number of halogens is 1. The van der Waals surface area contributed by atoms with Crippen LogP contribution in [0.4, 0.5) is 0 Å². The van der Waals surface area contributed by atoms with Crippen molar-refractivity contribution < 1.29 is 19.6 Å². The van der Waals surface area contributed by atoms with E-state index >= 15 is 0 Å². The van der Waals surface area contributed by atoms with Crippen molar-refractivity contribution in [2.75, 3.05) is 5.33 Å². The molecule has 3 aromatic carbocycles. The van der Waals surface area contributed by atoms with Crippen LogP contribution in [0.25, 0.3) is 6.08 Å². The number of carbonyl (C=O) groups excluding carboxylic acids is 2. The summed E-state index contributed by atoms with van der Waals surface area (Å²) in [5, 5.41) is 18.4. The van der Waals surface area contributed by atoms with Crippen molar-refractivity contribution in [1.29, 1.82) is 0 Å². The van der Waals surface area contributed by atoms with E-state index in [2.05, 4.69) is 119 Å². The van der Waals surface area contributed by atoms with Crippen LogP contribution in [0.15, 0.2) is 114 Å². The molecule has 0 aliphatic carbocycles. The van der Waals surface area contributed by atoms with Gasteiger partial charge in [-0.25, -0.2) is 0 Å². The van der Waals surface area contributed by atoms with Gasteiger partial charge in [-0.1, -0.05) is 136 Å². The lowest BCUT2D eigenvalue weighted by molar-refractivity contribution is 0.111. The molecule has 0 bridgehead atoms. The monoisotopic (exact) mass is 658 g/mol. The number of hydrogen-bond acceptors (Lipinski definition) is 4. The molecule has 0 amide bonds. The Morgan fingerprint density at radius 3 is 1.41 bits per heavy atom. The predicted octanol–water partition coefficient (Wildman–Crippen LogP) is 8.76. The van der Waals surface area contributed by atoms with Crippen LogP contribution in [-0.4, -0.2) is 35.1 Å². The minimum atomic E-state index is -1.57. The van der Waals surface area contributed by atoms with E-state index in [0.717, 1.165) is 35.6 Å². The molecule has 0 heterocycles. The van der Waals surface area contributed by atoms with E-state index < -0.39 is 7.12 Å². The summed E-state index contributed by atoms with van der Waals surface area (Å²) < 4.78 is 0. The first-order valence-electron chi connectivity index (χ1n) is 14.6. The molecule has 3 aromatic rings. The van der Waals surface area contributed by atoms with Gasteiger partial charge >= 0.3 is 7.12 Å². The molecule has 0 unspecified atom stereocenters. The molecular weight excluding hydrogens is 611 g/mol. The Bertz CT molecular complexity index is 1370. The highest BCUT2D eigenvalue weighted by atomic mass is 79.9. The summed E-state index contributed by atoms with van der Waals surface area (Å²) in [7, 11) is -1.57. The SMILES string of the molecule is C/C=C/c1ccccc1CC=C(C)C.CC(C)=CCBr.CC(C)=CCc1ccccc1C=O.O=Cc1ccccc1B(O)O. The third kappa shape index (κ3) is 18.9. The van der Waals surface area contributed by atoms with Gasteiger partial charge in [0.15, 0.2) is 0 Å². The van der Waals surface area contributed by atoms with Crippen molar-refractivity contribution in [2.24, 2.45) is 0 Å². The lowest BCUT2D eigenvalue weighted by atomic mass is 9.77. The number of aldehydes is 2. The molecule has 0 aromatic heterocycles. The number of rotatable bonds is 9. The van der Waals surface area contributed by atoms with Gasteiger partial charge < -0.3 is 10.0 Å². The van der Waals surface area contributed by atoms with Gasteiger partial charge in [-0.2, -0.15) is 0 Å². The summed E-state index contributed by atoms with van der Waals surface area (Å²) in [5.41, 5.74) is 9.18. The Morgan fingerprint density at radius 1 is 0.636 bits per heavy atom. The van der Waals surface area contributed by atoms with Gasteiger partial charge in [0, 0.05) is 16.5 Å². The summed E-state index contributed by atoms with van der Waals surface area (Å²) in [6.45, 7) is 14.6. The molecule has 4 nitrogen and oxygen atoms in total. The summed E-state index contributed by atoms with van der Waals surface area (Å²) in [5.74, 6) is 0. The molecular formula is C38H48BBrO4. The van der Waals surface area contributed by atoms with Gasteiger partial charge in [0.1, 0.15) is 12.6 Å². The molecule has 6 heteroatoms. The minimum Gasteiger partial charge on any atom is -0.423 e. The largest absolute Gasteiger partial charge is 0.489 e. The molecule has 0 saturated heterocycles. The highest BCUT2D eigenvalue weighted by Crippen LogP contribution is 2.12. The molecule has 0 radical (unpaired) electrons. The van der Waals surface area contributed by atoms with E-state index in [0.29, 0.717) is 11.8 Å². The van der Waals surface area contributed by atoms with Crippen LogP contribution in [0.2, 0.25) is 0 Å². The predicted molar refractivity (Wildman–Crippen MR) is 194 cm³/mol. The standard InChI is InChI=1S/C14H18.C12H14O.C7H7BO3.C5H9Br/c1-4-7-13-8-5-6-9-14(13)11-10-12(2)3;1-10(2)7-8-11-5-3-4-6-12(11)9-13;9-5-6-3-1-2-4-7(6)8(10)11;1-5(2)3-4-6/h4-10H,11H2,1-3H3;3-7,9H,8H2,1-2H3;1-5,10-11H;3H,4H2,1-2H3/b7-4+;;;. The zero-order chi connectivity index (χ0) is 33.3. The van der Waals surface area contributed by atoms with Crippen molar-refractivity contribution in [2.45, 2.75) is 61.3 Å². The van der Waals surface area contributed by atoms with E-state index in [-0.39, 0.29) is 5.46 Å². The van der Waals surface area contributed by atoms with E-state index in [4.69, 9.17) is 10.0 Å². The number of alkyl halides is 1. The minimum absolute atomic E-state index is 0.238. The van der Waals surface area contributed by atoms with Gasteiger partial charge in [-0.3, -0.25) is 9.59 Å². The fraction of sp³-hybridized carbons (Fsp3) is 0.263. The molecule has 0 saturated carbocycles. The van der Waals surface area contributed by atoms with Crippen LogP contribution in [0, 0.1) is 0 Å². The highest BCUT2D eigenvalue weighted by molar-refractivity contribution is 9.09. The van der Waals surface area contributed by atoms with E-state index in [1.807, 2.05) is 24.3 Å². The first-order valence-corrected chi connectivity index (χ1v) is 15.7. The molecule has 0 spiro atoms. The summed E-state index contributed by atoms with van der Waals surface area (Å²) >= 11 is 3.27. The second kappa shape index (κ2) is 24.8. The molecule has 0 aliphatic rings. The maximum Gasteiger partial charge on any atom is 0.489 e. The number of carbonyl (C=O) groups is 2. The number of benzene rings is 3. The molecule has 234 valence electrons. The Balaban J connectivity index is 0.000000581. The summed E-state index contributed by atoms with van der Waals surface area (Å²) in [4.78, 5) is 21.0. The van der Waals surface area contributed by atoms with Crippen molar-refractivity contribution in [3.8, 4) is 0 Å². The first-order chi connectivity index (χ1) is 21.0. The second-order valence-electron chi connectivity index (χ2n) is 10.5. The van der Waals surface area contributed by atoms with Crippen molar-refractivity contribution in [1.82, 2.24) is 0 Å². The average Bonchev–Trinajstić information content (AvgIpc) is 3.00. The van der Waals surface area contributed by atoms with Crippen LogP contribution in [0.1, 0.15) is 85.9 Å². The van der Waals surface area contributed by atoms with Crippen LogP contribution in [0.3, 0.4) is 0 Å². The zero-order valence-electron chi connectivity index (χ0n) is 27.3. The lowest BCUT2D eigenvalue weighted by Gasteiger charge is -2.02. The topological polar surface area (TPSA) is 74.6 Å². The first kappa shape index (κ1) is 40.4. The average molecular weight is 660 g/mol. The number of hydrogen-bond donors (Lipinski definition) is 2. The Labute approximate surface area is 274 Å². The second-order valence-corrected chi connectivity index (χ2v) is 11.2. The van der Waals surface area contributed by atoms with Crippen molar-refractivity contribution in [3.63, 3.8) is 0 Å². The van der Waals surface area contributed by atoms with Gasteiger partial charge in [0.2, 0.25) is 0 Å². The van der Waals surface area contributed by atoms with Gasteiger partial charge in [-0.15, -0.1) is 0 Å². The zero-order valence-corrected chi connectivity index (χ0v) is 28.8. The van der Waals surface area contributed by atoms with E-state index in [1.54, 1.807) is 12.1 Å². The van der Waals surface area contributed by atoms with Crippen molar-refractivity contribution in [3.05, 3.63) is 142 Å². The smallest absolute Gasteiger partial charge is 0.423 e. The third-order valence-corrected chi connectivity index (χ3v) is 6.25. The molecule has 0 aliphatic heterocycles. The maximum absolute atomic E-state index is 10.7. The fourth-order valence-electron chi connectivity index (χ4n) is 3.53. The molecule has 44 heavy (non-hydrogen) atoms.